The van der Waals surface area contributed by atoms with Crippen LogP contribution in [0.25, 0.3) is 0 Å². The summed E-state index contributed by atoms with van der Waals surface area (Å²) in [5.74, 6) is 0.164. The Morgan fingerprint density at radius 2 is 1.56 bits per heavy atom. The van der Waals surface area contributed by atoms with Crippen LogP contribution in [-0.2, 0) is 0 Å². The van der Waals surface area contributed by atoms with Gasteiger partial charge in [0, 0.05) is 5.56 Å². The number of hydrogen-bond acceptors (Lipinski definition) is 2. The van der Waals surface area contributed by atoms with Crippen molar-refractivity contribution >= 4 is 5.78 Å². The highest BCUT2D eigenvalue weighted by molar-refractivity contribution is 6.06. The van der Waals surface area contributed by atoms with Crippen LogP contribution >= 0.6 is 0 Å². The Labute approximate surface area is 107 Å². The topological polar surface area (TPSA) is 39.0 Å². The van der Waals surface area contributed by atoms with Gasteiger partial charge in [-0.1, -0.05) is 60.7 Å². The van der Waals surface area contributed by atoms with Gasteiger partial charge in [0.15, 0.2) is 5.78 Å². The summed E-state index contributed by atoms with van der Waals surface area (Å²) < 4.78 is 0. The van der Waals surface area contributed by atoms with Gasteiger partial charge < -0.3 is 0 Å². The van der Waals surface area contributed by atoms with E-state index in [1.165, 1.54) is 5.56 Å². The Kier molecular flexibility index (Phi) is 2.53. The van der Waals surface area contributed by atoms with Crippen LogP contribution in [0.3, 0.4) is 0 Å². The molecule has 1 N–H and O–H groups in total. The molecule has 0 spiro atoms. The molecule has 0 aromatic heterocycles. The van der Waals surface area contributed by atoms with Crippen LogP contribution in [0, 0.1) is 0 Å². The van der Waals surface area contributed by atoms with E-state index < -0.39 is 5.54 Å². The molecule has 1 aliphatic rings. The summed E-state index contributed by atoms with van der Waals surface area (Å²) in [6, 6.07) is 19.7. The van der Waals surface area contributed by atoms with Crippen molar-refractivity contribution in [3.8, 4) is 0 Å². The zero-order valence-electron chi connectivity index (χ0n) is 10.3. The van der Waals surface area contributed by atoms with Crippen molar-refractivity contribution < 1.29 is 4.79 Å². The molecule has 1 saturated heterocycles. The van der Waals surface area contributed by atoms with Gasteiger partial charge in [0.1, 0.15) is 0 Å². The smallest absolute Gasteiger partial charge is 0.184 e. The Balaban J connectivity index is 1.85. The molecule has 0 aliphatic carbocycles. The van der Waals surface area contributed by atoms with Crippen LogP contribution in [-0.4, -0.2) is 11.3 Å². The maximum Gasteiger partial charge on any atom is 0.184 e. The molecule has 1 heterocycles. The maximum absolute atomic E-state index is 12.4. The molecule has 18 heavy (non-hydrogen) atoms. The monoisotopic (exact) mass is 237 g/mol. The number of nitrogens with one attached hydrogen (secondary N) is 1. The molecular formula is C16H15NO. The van der Waals surface area contributed by atoms with Crippen molar-refractivity contribution in [3.63, 3.8) is 0 Å². The first kappa shape index (κ1) is 11.2. The van der Waals surface area contributed by atoms with Crippen LogP contribution in [0.2, 0.25) is 0 Å². The number of carbonyl (C=O) groups is 1. The van der Waals surface area contributed by atoms with Crippen molar-refractivity contribution in [2.45, 2.75) is 18.5 Å². The SMILES string of the molecule is CC1(C(=O)c2ccccc2)NC1c1ccccc1. The largest absolute Gasteiger partial charge is 0.294 e. The number of rotatable bonds is 3. The lowest BCUT2D eigenvalue weighted by molar-refractivity contribution is 0.0948. The van der Waals surface area contributed by atoms with Gasteiger partial charge in [-0.25, -0.2) is 0 Å². The summed E-state index contributed by atoms with van der Waals surface area (Å²) in [6.07, 6.45) is 0. The van der Waals surface area contributed by atoms with Crippen molar-refractivity contribution in [1.82, 2.24) is 5.32 Å². The minimum Gasteiger partial charge on any atom is -0.294 e. The fraction of sp³-hybridized carbons (Fsp3) is 0.188. The molecule has 0 saturated carbocycles. The van der Waals surface area contributed by atoms with Gasteiger partial charge in [-0.3, -0.25) is 10.1 Å². The second-order valence-corrected chi connectivity index (χ2v) is 4.89. The molecule has 3 rings (SSSR count). The molecule has 2 atom stereocenters. The van der Waals surface area contributed by atoms with Crippen molar-refractivity contribution in [1.29, 1.82) is 0 Å². The first-order chi connectivity index (χ1) is 8.72. The average Bonchev–Trinajstić information content (AvgIpc) is 3.14. The standard InChI is InChI=1S/C16H15NO/c1-16(15(18)13-10-6-3-7-11-13)14(17-16)12-8-4-2-5-9-12/h2-11,14,17H,1H3. The molecule has 0 bridgehead atoms. The van der Waals surface area contributed by atoms with E-state index in [-0.39, 0.29) is 11.8 Å². The van der Waals surface area contributed by atoms with E-state index in [1.807, 2.05) is 55.5 Å². The Morgan fingerprint density at radius 1 is 1.00 bits per heavy atom. The maximum atomic E-state index is 12.4. The minimum absolute atomic E-state index is 0.131. The van der Waals surface area contributed by atoms with Crippen LogP contribution in [0.5, 0.6) is 0 Å². The van der Waals surface area contributed by atoms with Gasteiger partial charge in [-0.2, -0.15) is 0 Å². The molecule has 2 heteroatoms. The molecule has 1 fully saturated rings. The van der Waals surface area contributed by atoms with Gasteiger partial charge in [-0.05, 0) is 12.5 Å². The van der Waals surface area contributed by atoms with Gasteiger partial charge in [-0.15, -0.1) is 0 Å². The highest BCUT2D eigenvalue weighted by Crippen LogP contribution is 2.42. The lowest BCUT2D eigenvalue weighted by Crippen LogP contribution is -2.24. The molecule has 2 unspecified atom stereocenters. The molecular weight excluding hydrogens is 222 g/mol. The zero-order valence-corrected chi connectivity index (χ0v) is 10.3. The summed E-state index contributed by atoms with van der Waals surface area (Å²) >= 11 is 0. The quantitative estimate of drug-likeness (QED) is 0.658. The van der Waals surface area contributed by atoms with E-state index >= 15 is 0 Å². The zero-order chi connectivity index (χ0) is 12.6. The Bertz CT molecular complexity index is 564. The summed E-state index contributed by atoms with van der Waals surface area (Å²) in [6.45, 7) is 1.97. The van der Waals surface area contributed by atoms with Crippen molar-refractivity contribution in [2.24, 2.45) is 0 Å². The van der Waals surface area contributed by atoms with Crippen molar-refractivity contribution in [2.75, 3.05) is 0 Å². The molecule has 2 aromatic rings. The number of Topliss-reactive ketones (excluding diaryl/α,β-unsaturated/α-hetero) is 1. The van der Waals surface area contributed by atoms with E-state index in [1.54, 1.807) is 0 Å². The van der Waals surface area contributed by atoms with E-state index in [0.29, 0.717) is 0 Å². The van der Waals surface area contributed by atoms with E-state index in [9.17, 15) is 4.79 Å². The summed E-state index contributed by atoms with van der Waals surface area (Å²) in [5, 5.41) is 3.31. The Morgan fingerprint density at radius 3 is 2.17 bits per heavy atom. The minimum atomic E-state index is -0.456. The fourth-order valence-corrected chi connectivity index (χ4v) is 2.41. The van der Waals surface area contributed by atoms with Crippen LogP contribution in [0.15, 0.2) is 60.7 Å². The first-order valence-electron chi connectivity index (χ1n) is 6.14. The van der Waals surface area contributed by atoms with Gasteiger partial charge in [0.2, 0.25) is 0 Å². The molecule has 0 amide bonds. The van der Waals surface area contributed by atoms with E-state index in [2.05, 4.69) is 17.4 Å². The summed E-state index contributed by atoms with van der Waals surface area (Å²) in [4.78, 5) is 12.4. The van der Waals surface area contributed by atoms with Gasteiger partial charge >= 0.3 is 0 Å². The molecule has 90 valence electrons. The molecule has 0 radical (unpaired) electrons. The molecule has 1 aliphatic heterocycles. The van der Waals surface area contributed by atoms with Gasteiger partial charge in [0.05, 0.1) is 11.6 Å². The third-order valence-corrected chi connectivity index (χ3v) is 3.58. The first-order valence-corrected chi connectivity index (χ1v) is 6.14. The van der Waals surface area contributed by atoms with Gasteiger partial charge in [0.25, 0.3) is 0 Å². The fourth-order valence-electron chi connectivity index (χ4n) is 2.41. The van der Waals surface area contributed by atoms with E-state index in [0.717, 1.165) is 5.56 Å². The number of hydrogen-bond donors (Lipinski definition) is 1. The number of carbonyl (C=O) groups excluding carboxylic acids is 1. The van der Waals surface area contributed by atoms with Crippen LogP contribution < -0.4 is 5.32 Å². The Hall–Kier alpha value is -1.93. The summed E-state index contributed by atoms with van der Waals surface area (Å²) in [7, 11) is 0. The van der Waals surface area contributed by atoms with E-state index in [4.69, 9.17) is 0 Å². The number of ketones is 1. The lowest BCUT2D eigenvalue weighted by atomic mass is 9.92. The second kappa shape index (κ2) is 4.07. The normalized spacial score (nSPS) is 25.7. The predicted octanol–water partition coefficient (Wildman–Crippen LogP) is 2.97. The average molecular weight is 237 g/mol. The predicted molar refractivity (Wildman–Crippen MR) is 71.5 cm³/mol. The highest BCUT2D eigenvalue weighted by atomic mass is 16.1. The third-order valence-electron chi connectivity index (χ3n) is 3.58. The third kappa shape index (κ3) is 1.75. The van der Waals surface area contributed by atoms with Crippen molar-refractivity contribution in [3.05, 3.63) is 71.8 Å². The number of benzene rings is 2. The van der Waals surface area contributed by atoms with Crippen LogP contribution in [0.4, 0.5) is 0 Å². The highest BCUT2D eigenvalue weighted by Gasteiger charge is 2.55. The second-order valence-electron chi connectivity index (χ2n) is 4.89. The lowest BCUT2D eigenvalue weighted by Gasteiger charge is -2.08. The molecule has 2 aromatic carbocycles. The summed E-state index contributed by atoms with van der Waals surface area (Å²) in [5.41, 5.74) is 1.48. The molecule has 2 nitrogen and oxygen atoms in total. The van der Waals surface area contributed by atoms with Crippen LogP contribution in [0.1, 0.15) is 28.9 Å².